The fourth-order valence-corrected chi connectivity index (χ4v) is 4.65. The molecule has 0 bridgehead atoms. The number of halogens is 1. The fourth-order valence-electron chi connectivity index (χ4n) is 2.11. The lowest BCUT2D eigenvalue weighted by atomic mass is 10.2. The highest BCUT2D eigenvalue weighted by molar-refractivity contribution is 7.94. The van der Waals surface area contributed by atoms with Crippen molar-refractivity contribution in [2.24, 2.45) is 0 Å². The molecular weight excluding hydrogens is 410 g/mol. The molecule has 1 amide bonds. The Bertz CT molecular complexity index is 1060. The van der Waals surface area contributed by atoms with Gasteiger partial charge in [-0.2, -0.15) is 0 Å². The number of amides is 1. The van der Waals surface area contributed by atoms with Crippen LogP contribution in [0, 0.1) is 0 Å². The zero-order valence-corrected chi connectivity index (χ0v) is 16.8. The number of hydrogen-bond donors (Lipinski definition) is 2. The Morgan fingerprint density at radius 3 is 2.44 bits per heavy atom. The number of benzene rings is 1. The van der Waals surface area contributed by atoms with Crippen molar-refractivity contribution in [3.05, 3.63) is 52.5 Å². The molecule has 0 saturated heterocycles. The standard InChI is InChI=1S/C16H16ClN5O3S2/c1-10(2)22-9-14(19-21-22)18-16(23)11-3-5-12(6-4-11)20-27(24,25)15-8-7-13(17)26-15/h3-10,20H,1-2H3,(H,18,23). The molecule has 27 heavy (non-hydrogen) atoms. The molecule has 0 aliphatic heterocycles. The molecule has 2 heterocycles. The van der Waals surface area contributed by atoms with Gasteiger partial charge in [0.1, 0.15) is 4.21 Å². The summed E-state index contributed by atoms with van der Waals surface area (Å²) in [6.07, 6.45) is 1.64. The number of sulfonamides is 1. The van der Waals surface area contributed by atoms with Crippen LogP contribution in [-0.4, -0.2) is 29.3 Å². The number of hydrogen-bond acceptors (Lipinski definition) is 6. The second-order valence-electron chi connectivity index (χ2n) is 5.87. The van der Waals surface area contributed by atoms with Crippen LogP contribution in [-0.2, 0) is 10.0 Å². The van der Waals surface area contributed by atoms with Gasteiger partial charge in [-0.15, -0.1) is 16.4 Å². The van der Waals surface area contributed by atoms with Gasteiger partial charge in [-0.25, -0.2) is 13.1 Å². The normalized spacial score (nSPS) is 11.6. The van der Waals surface area contributed by atoms with Gasteiger partial charge in [0.2, 0.25) is 0 Å². The van der Waals surface area contributed by atoms with Crippen molar-refractivity contribution in [1.82, 2.24) is 15.0 Å². The Morgan fingerprint density at radius 2 is 1.89 bits per heavy atom. The number of aromatic nitrogens is 3. The summed E-state index contributed by atoms with van der Waals surface area (Å²) in [6, 6.07) is 9.13. The monoisotopic (exact) mass is 425 g/mol. The minimum atomic E-state index is -3.72. The Balaban J connectivity index is 1.68. The van der Waals surface area contributed by atoms with Gasteiger partial charge in [0.05, 0.1) is 10.5 Å². The molecule has 2 aromatic heterocycles. The Labute approximate surface area is 165 Å². The molecule has 1 aromatic carbocycles. The maximum absolute atomic E-state index is 12.3. The maximum atomic E-state index is 12.3. The molecule has 0 aliphatic rings. The molecule has 0 atom stereocenters. The van der Waals surface area contributed by atoms with Crippen molar-refractivity contribution < 1.29 is 13.2 Å². The molecule has 11 heteroatoms. The lowest BCUT2D eigenvalue weighted by molar-refractivity contribution is 0.102. The predicted octanol–water partition coefficient (Wildman–Crippen LogP) is 3.63. The average molecular weight is 426 g/mol. The van der Waals surface area contributed by atoms with Crippen molar-refractivity contribution >= 4 is 50.4 Å². The van der Waals surface area contributed by atoms with E-state index in [1.807, 2.05) is 13.8 Å². The van der Waals surface area contributed by atoms with Crippen LogP contribution >= 0.6 is 22.9 Å². The van der Waals surface area contributed by atoms with Gasteiger partial charge in [0.15, 0.2) is 5.82 Å². The molecule has 0 saturated carbocycles. The van der Waals surface area contributed by atoms with Crippen molar-refractivity contribution in [2.75, 3.05) is 10.0 Å². The third kappa shape index (κ3) is 4.65. The van der Waals surface area contributed by atoms with Crippen LogP contribution in [0.25, 0.3) is 0 Å². The summed E-state index contributed by atoms with van der Waals surface area (Å²) in [5.74, 6) is -0.0293. The molecular formula is C16H16ClN5O3S2. The quantitative estimate of drug-likeness (QED) is 0.627. The van der Waals surface area contributed by atoms with E-state index >= 15 is 0 Å². The Kier molecular flexibility index (Phi) is 5.49. The summed E-state index contributed by atoms with van der Waals surface area (Å²) >= 11 is 6.74. The summed E-state index contributed by atoms with van der Waals surface area (Å²) in [5.41, 5.74) is 0.693. The van der Waals surface area contributed by atoms with Crippen LogP contribution in [0.1, 0.15) is 30.2 Å². The molecule has 142 valence electrons. The smallest absolute Gasteiger partial charge is 0.271 e. The third-order valence-electron chi connectivity index (χ3n) is 3.49. The van der Waals surface area contributed by atoms with E-state index in [9.17, 15) is 13.2 Å². The molecule has 0 radical (unpaired) electrons. The summed E-state index contributed by atoms with van der Waals surface area (Å²) in [5, 5.41) is 10.4. The first-order valence-corrected chi connectivity index (χ1v) is 10.5. The molecule has 8 nitrogen and oxygen atoms in total. The largest absolute Gasteiger partial charge is 0.304 e. The van der Waals surface area contributed by atoms with Crippen LogP contribution in [0.15, 0.2) is 46.8 Å². The van der Waals surface area contributed by atoms with Crippen molar-refractivity contribution in [3.63, 3.8) is 0 Å². The van der Waals surface area contributed by atoms with Crippen LogP contribution in [0.3, 0.4) is 0 Å². The molecule has 0 fully saturated rings. The third-order valence-corrected chi connectivity index (χ3v) is 6.60. The summed E-state index contributed by atoms with van der Waals surface area (Å²) < 4.78 is 29.1. The number of thiophene rings is 1. The molecule has 0 spiro atoms. The molecule has 3 aromatic rings. The molecule has 0 unspecified atom stereocenters. The topological polar surface area (TPSA) is 106 Å². The van der Waals surface area contributed by atoms with Crippen LogP contribution in [0.5, 0.6) is 0 Å². The first-order chi connectivity index (χ1) is 12.7. The number of nitrogens with zero attached hydrogens (tertiary/aromatic N) is 3. The van der Waals surface area contributed by atoms with Gasteiger partial charge in [0, 0.05) is 17.3 Å². The van der Waals surface area contributed by atoms with E-state index in [-0.39, 0.29) is 16.2 Å². The highest BCUT2D eigenvalue weighted by Crippen LogP contribution is 2.27. The number of nitrogens with one attached hydrogen (secondary N) is 2. The average Bonchev–Trinajstić information content (AvgIpc) is 3.24. The lowest BCUT2D eigenvalue weighted by Gasteiger charge is -2.07. The van der Waals surface area contributed by atoms with Crippen molar-refractivity contribution in [1.29, 1.82) is 0 Å². The lowest BCUT2D eigenvalue weighted by Crippen LogP contribution is -2.13. The van der Waals surface area contributed by atoms with Crippen molar-refractivity contribution in [2.45, 2.75) is 24.1 Å². The summed E-state index contributed by atoms with van der Waals surface area (Å²) in [7, 11) is -3.72. The van der Waals surface area contributed by atoms with Gasteiger partial charge >= 0.3 is 0 Å². The fraction of sp³-hybridized carbons (Fsp3) is 0.188. The van der Waals surface area contributed by atoms with Gasteiger partial charge < -0.3 is 5.32 Å². The van der Waals surface area contributed by atoms with Gasteiger partial charge in [-0.3, -0.25) is 9.52 Å². The first-order valence-electron chi connectivity index (χ1n) is 7.86. The van der Waals surface area contributed by atoms with Gasteiger partial charge in [-0.05, 0) is 50.2 Å². The minimum Gasteiger partial charge on any atom is -0.304 e. The molecule has 0 aliphatic carbocycles. The first kappa shape index (κ1) is 19.3. The Hall–Kier alpha value is -2.43. The maximum Gasteiger partial charge on any atom is 0.271 e. The van der Waals surface area contributed by atoms with Crippen LogP contribution in [0.4, 0.5) is 11.5 Å². The van der Waals surface area contributed by atoms with E-state index in [1.165, 1.54) is 36.4 Å². The molecule has 3 rings (SSSR count). The summed E-state index contributed by atoms with van der Waals surface area (Å²) in [6.45, 7) is 3.90. The molecule has 2 N–H and O–H groups in total. The van der Waals surface area contributed by atoms with Gasteiger partial charge in [-0.1, -0.05) is 16.8 Å². The number of rotatable bonds is 6. The zero-order chi connectivity index (χ0) is 19.6. The predicted molar refractivity (Wildman–Crippen MR) is 105 cm³/mol. The Morgan fingerprint density at radius 1 is 1.19 bits per heavy atom. The number of carbonyl (C=O) groups excluding carboxylic acids is 1. The van der Waals surface area contributed by atoms with E-state index in [2.05, 4.69) is 20.4 Å². The SMILES string of the molecule is CC(C)n1cc(NC(=O)c2ccc(NS(=O)(=O)c3ccc(Cl)s3)cc2)nn1. The van der Waals surface area contributed by atoms with Crippen LogP contribution in [0.2, 0.25) is 4.34 Å². The van der Waals surface area contributed by atoms with E-state index < -0.39 is 10.0 Å². The minimum absolute atomic E-state index is 0.113. The van der Waals surface area contributed by atoms with Crippen molar-refractivity contribution in [3.8, 4) is 0 Å². The van der Waals surface area contributed by atoms with E-state index in [4.69, 9.17) is 11.6 Å². The highest BCUT2D eigenvalue weighted by Gasteiger charge is 2.17. The van der Waals surface area contributed by atoms with E-state index in [0.29, 0.717) is 21.4 Å². The van der Waals surface area contributed by atoms with Gasteiger partial charge in [0.25, 0.3) is 15.9 Å². The van der Waals surface area contributed by atoms with E-state index in [0.717, 1.165) is 11.3 Å². The second kappa shape index (κ2) is 7.67. The van der Waals surface area contributed by atoms with E-state index in [1.54, 1.807) is 10.9 Å². The highest BCUT2D eigenvalue weighted by atomic mass is 35.5. The van der Waals surface area contributed by atoms with Crippen LogP contribution < -0.4 is 10.0 Å². The number of anilines is 2. The second-order valence-corrected chi connectivity index (χ2v) is 9.50. The number of carbonyl (C=O) groups is 1. The summed E-state index contributed by atoms with van der Waals surface area (Å²) in [4.78, 5) is 12.3. The zero-order valence-electron chi connectivity index (χ0n) is 14.4.